The van der Waals surface area contributed by atoms with Crippen molar-refractivity contribution in [2.75, 3.05) is 11.9 Å². The number of rotatable bonds is 3. The molecule has 1 atom stereocenters. The summed E-state index contributed by atoms with van der Waals surface area (Å²) in [5.41, 5.74) is 1.67. The summed E-state index contributed by atoms with van der Waals surface area (Å²) in [6.45, 7) is 6.81. The standard InChI is InChI=1S/C21H23NO3/c1-4-11-24-14-9-10-16-18(12-14)25-20(2,3)13-21(16)15-7-5-6-8-17(15)22-19(21)23/h5-10,12H,4,11,13H2,1-3H3,(H,22,23). The normalized spacial score (nSPS) is 22.8. The molecule has 1 amide bonds. The molecule has 2 aliphatic heterocycles. The summed E-state index contributed by atoms with van der Waals surface area (Å²) in [5, 5.41) is 3.06. The topological polar surface area (TPSA) is 47.6 Å². The van der Waals surface area contributed by atoms with E-state index in [1.165, 1.54) is 0 Å². The third-order valence-corrected chi connectivity index (χ3v) is 4.99. The Balaban J connectivity index is 1.90. The number of hydrogen-bond donors (Lipinski definition) is 1. The quantitative estimate of drug-likeness (QED) is 0.909. The Bertz CT molecular complexity index is 843. The van der Waals surface area contributed by atoms with Crippen LogP contribution < -0.4 is 14.8 Å². The molecule has 0 bridgehead atoms. The lowest BCUT2D eigenvalue weighted by atomic mass is 9.67. The Labute approximate surface area is 148 Å². The zero-order valence-electron chi connectivity index (χ0n) is 14.9. The maximum atomic E-state index is 13.1. The van der Waals surface area contributed by atoms with Crippen LogP contribution in [0.4, 0.5) is 5.69 Å². The molecule has 0 saturated carbocycles. The van der Waals surface area contributed by atoms with E-state index in [1.807, 2.05) is 56.3 Å². The predicted octanol–water partition coefficient (Wildman–Crippen LogP) is 4.27. The van der Waals surface area contributed by atoms with Crippen LogP contribution in [0.1, 0.15) is 44.7 Å². The number of nitrogens with one attached hydrogen (secondary N) is 1. The van der Waals surface area contributed by atoms with Gasteiger partial charge in [0.15, 0.2) is 0 Å². The second-order valence-corrected chi connectivity index (χ2v) is 7.45. The molecule has 2 aromatic rings. The maximum Gasteiger partial charge on any atom is 0.239 e. The van der Waals surface area contributed by atoms with E-state index in [1.54, 1.807) is 0 Å². The van der Waals surface area contributed by atoms with Crippen molar-refractivity contribution in [2.45, 2.75) is 44.6 Å². The Morgan fingerprint density at radius 1 is 1.16 bits per heavy atom. The Morgan fingerprint density at radius 2 is 1.96 bits per heavy atom. The second-order valence-electron chi connectivity index (χ2n) is 7.45. The van der Waals surface area contributed by atoms with Crippen LogP contribution in [-0.4, -0.2) is 18.1 Å². The number of para-hydroxylation sites is 1. The minimum absolute atomic E-state index is 0.0218. The summed E-state index contributed by atoms with van der Waals surface area (Å²) >= 11 is 0. The first-order valence-electron chi connectivity index (χ1n) is 8.83. The van der Waals surface area contributed by atoms with Crippen LogP contribution >= 0.6 is 0 Å². The summed E-state index contributed by atoms with van der Waals surface area (Å²) < 4.78 is 12.0. The van der Waals surface area contributed by atoms with Crippen LogP contribution in [0.15, 0.2) is 42.5 Å². The Kier molecular flexibility index (Phi) is 3.53. The van der Waals surface area contributed by atoms with Gasteiger partial charge in [-0.3, -0.25) is 4.79 Å². The van der Waals surface area contributed by atoms with Gasteiger partial charge in [0.25, 0.3) is 0 Å². The average molecular weight is 337 g/mol. The van der Waals surface area contributed by atoms with Gasteiger partial charge in [0.1, 0.15) is 22.5 Å². The first kappa shape index (κ1) is 16.0. The van der Waals surface area contributed by atoms with Gasteiger partial charge in [-0.25, -0.2) is 0 Å². The summed E-state index contributed by atoms with van der Waals surface area (Å²) in [6.07, 6.45) is 1.55. The molecule has 1 spiro atoms. The molecule has 4 heteroatoms. The summed E-state index contributed by atoms with van der Waals surface area (Å²) in [4.78, 5) is 13.1. The van der Waals surface area contributed by atoms with E-state index in [-0.39, 0.29) is 5.91 Å². The lowest BCUT2D eigenvalue weighted by Crippen LogP contribution is -2.48. The first-order chi connectivity index (χ1) is 12.0. The highest BCUT2D eigenvalue weighted by Crippen LogP contribution is 2.54. The van der Waals surface area contributed by atoms with Gasteiger partial charge < -0.3 is 14.8 Å². The lowest BCUT2D eigenvalue weighted by molar-refractivity contribution is -0.122. The fourth-order valence-corrected chi connectivity index (χ4v) is 4.08. The molecule has 130 valence electrons. The molecule has 0 aromatic heterocycles. The van der Waals surface area contributed by atoms with Gasteiger partial charge in [-0.2, -0.15) is 0 Å². The van der Waals surface area contributed by atoms with Crippen LogP contribution in [0.5, 0.6) is 11.5 Å². The highest BCUT2D eigenvalue weighted by molar-refractivity contribution is 6.09. The van der Waals surface area contributed by atoms with E-state index >= 15 is 0 Å². The fourth-order valence-electron chi connectivity index (χ4n) is 4.08. The zero-order valence-corrected chi connectivity index (χ0v) is 14.9. The monoisotopic (exact) mass is 337 g/mol. The number of benzene rings is 2. The molecule has 1 N–H and O–H groups in total. The molecule has 2 aromatic carbocycles. The van der Waals surface area contributed by atoms with E-state index in [2.05, 4.69) is 12.2 Å². The zero-order chi connectivity index (χ0) is 17.7. The van der Waals surface area contributed by atoms with E-state index in [0.29, 0.717) is 13.0 Å². The van der Waals surface area contributed by atoms with Crippen molar-refractivity contribution in [3.05, 3.63) is 53.6 Å². The van der Waals surface area contributed by atoms with Crippen LogP contribution in [-0.2, 0) is 10.2 Å². The van der Waals surface area contributed by atoms with Crippen molar-refractivity contribution in [3.63, 3.8) is 0 Å². The van der Waals surface area contributed by atoms with E-state index in [0.717, 1.165) is 34.7 Å². The molecule has 0 saturated heterocycles. The molecule has 4 nitrogen and oxygen atoms in total. The number of carbonyl (C=O) groups is 1. The molecule has 0 radical (unpaired) electrons. The molecule has 2 aliphatic rings. The van der Waals surface area contributed by atoms with Gasteiger partial charge in [0.05, 0.1) is 6.61 Å². The van der Waals surface area contributed by atoms with Crippen LogP contribution in [0, 0.1) is 0 Å². The number of ether oxygens (including phenoxy) is 2. The Hall–Kier alpha value is -2.49. The summed E-state index contributed by atoms with van der Waals surface area (Å²) in [6, 6.07) is 13.8. The van der Waals surface area contributed by atoms with Gasteiger partial charge in [-0.15, -0.1) is 0 Å². The van der Waals surface area contributed by atoms with Gasteiger partial charge in [0.2, 0.25) is 5.91 Å². The maximum absolute atomic E-state index is 13.1. The van der Waals surface area contributed by atoms with Crippen LogP contribution in [0.3, 0.4) is 0 Å². The summed E-state index contributed by atoms with van der Waals surface area (Å²) in [5.74, 6) is 1.53. The minimum atomic E-state index is -0.711. The SMILES string of the molecule is CCCOc1ccc2c(c1)OC(C)(C)CC21C(=O)Nc2ccccc21. The van der Waals surface area contributed by atoms with E-state index in [9.17, 15) is 4.79 Å². The third kappa shape index (κ3) is 2.39. The van der Waals surface area contributed by atoms with E-state index in [4.69, 9.17) is 9.47 Å². The Morgan fingerprint density at radius 3 is 2.76 bits per heavy atom. The number of carbonyl (C=O) groups excluding carboxylic acids is 1. The number of anilines is 1. The molecule has 0 aliphatic carbocycles. The first-order valence-corrected chi connectivity index (χ1v) is 8.83. The highest BCUT2D eigenvalue weighted by atomic mass is 16.5. The average Bonchev–Trinajstić information content (AvgIpc) is 2.84. The largest absolute Gasteiger partial charge is 0.493 e. The van der Waals surface area contributed by atoms with Gasteiger partial charge in [-0.05, 0) is 38.0 Å². The number of hydrogen-bond acceptors (Lipinski definition) is 3. The van der Waals surface area contributed by atoms with Crippen molar-refractivity contribution >= 4 is 11.6 Å². The molecular weight excluding hydrogens is 314 g/mol. The van der Waals surface area contributed by atoms with Crippen molar-refractivity contribution < 1.29 is 14.3 Å². The number of fused-ring (bicyclic) bond motifs is 4. The minimum Gasteiger partial charge on any atom is -0.493 e. The van der Waals surface area contributed by atoms with E-state index < -0.39 is 11.0 Å². The van der Waals surface area contributed by atoms with Crippen molar-refractivity contribution in [1.29, 1.82) is 0 Å². The van der Waals surface area contributed by atoms with Crippen molar-refractivity contribution in [1.82, 2.24) is 0 Å². The van der Waals surface area contributed by atoms with Gasteiger partial charge in [0, 0.05) is 23.7 Å². The molecule has 2 heterocycles. The fraction of sp³-hybridized carbons (Fsp3) is 0.381. The van der Waals surface area contributed by atoms with Crippen molar-refractivity contribution in [3.8, 4) is 11.5 Å². The van der Waals surface area contributed by atoms with Crippen molar-refractivity contribution in [2.24, 2.45) is 0 Å². The molecule has 1 unspecified atom stereocenters. The molecule has 0 fully saturated rings. The predicted molar refractivity (Wildman–Crippen MR) is 97.4 cm³/mol. The molecular formula is C21H23NO3. The number of amides is 1. The van der Waals surface area contributed by atoms with Gasteiger partial charge in [-0.1, -0.05) is 31.2 Å². The summed E-state index contributed by atoms with van der Waals surface area (Å²) in [7, 11) is 0. The molecule has 4 rings (SSSR count). The van der Waals surface area contributed by atoms with Gasteiger partial charge >= 0.3 is 0 Å². The van der Waals surface area contributed by atoms with Crippen LogP contribution in [0.2, 0.25) is 0 Å². The smallest absolute Gasteiger partial charge is 0.239 e. The highest BCUT2D eigenvalue weighted by Gasteiger charge is 2.55. The van der Waals surface area contributed by atoms with Crippen LogP contribution in [0.25, 0.3) is 0 Å². The molecule has 25 heavy (non-hydrogen) atoms. The lowest BCUT2D eigenvalue weighted by Gasteiger charge is -2.43. The third-order valence-electron chi connectivity index (χ3n) is 4.99. The second kappa shape index (κ2) is 5.51.